The van der Waals surface area contributed by atoms with Crippen LogP contribution in [0, 0.1) is 5.82 Å². The lowest BCUT2D eigenvalue weighted by molar-refractivity contribution is -0.148. The Morgan fingerprint density at radius 2 is 1.88 bits per heavy atom. The molecule has 0 spiro atoms. The summed E-state index contributed by atoms with van der Waals surface area (Å²) in [6, 6.07) is 4.34. The predicted molar refractivity (Wildman–Crippen MR) is 93.0 cm³/mol. The summed E-state index contributed by atoms with van der Waals surface area (Å²) in [6.07, 6.45) is -2.74. The van der Waals surface area contributed by atoms with Gasteiger partial charge in [-0.3, -0.25) is 0 Å². The van der Waals surface area contributed by atoms with Gasteiger partial charge in [0.05, 0.1) is 13.2 Å². The van der Waals surface area contributed by atoms with Crippen LogP contribution < -0.4 is 10.8 Å². The summed E-state index contributed by atoms with van der Waals surface area (Å²) in [7, 11) is 3.28. The zero-order valence-corrected chi connectivity index (χ0v) is 15.6. The van der Waals surface area contributed by atoms with Gasteiger partial charge in [-0.2, -0.15) is 0 Å². The second kappa shape index (κ2) is 11.4. The fraction of sp³-hybridized carbons (Fsp3) is 0.529. The van der Waals surface area contributed by atoms with Gasteiger partial charge in [0.2, 0.25) is 0 Å². The highest BCUT2D eigenvalue weighted by atomic mass is 19.1. The molecule has 2 atom stereocenters. The third kappa shape index (κ3) is 10.6. The summed E-state index contributed by atoms with van der Waals surface area (Å²) in [6.45, 7) is 4.96. The monoisotopic (exact) mass is 374 g/mol. The first-order valence-corrected chi connectivity index (χ1v) is 7.84. The van der Waals surface area contributed by atoms with E-state index in [0.29, 0.717) is 5.56 Å². The van der Waals surface area contributed by atoms with Gasteiger partial charge >= 0.3 is 12.1 Å². The van der Waals surface area contributed by atoms with Gasteiger partial charge in [0.1, 0.15) is 11.4 Å². The molecular weight excluding hydrogens is 347 g/mol. The largest absolute Gasteiger partial charge is 0.479 e. The van der Waals surface area contributed by atoms with Gasteiger partial charge < -0.3 is 25.1 Å². The predicted octanol–water partition coefficient (Wildman–Crippen LogP) is 1.47. The number of alkyl carbamates (subject to hydrolysis) is 1. The number of benzene rings is 1. The molecule has 1 amide bonds. The minimum Gasteiger partial charge on any atom is -0.479 e. The Bertz CT molecular complexity index is 575. The molecule has 0 aliphatic carbocycles. The smallest absolute Gasteiger partial charge is 0.407 e. The SMILES string of the molecule is CC(C)(C)OC(=O)NC(Cc1cccc(F)c1)C(O)C(=O)O.CNOC. The second-order valence-electron chi connectivity index (χ2n) is 6.28. The van der Waals surface area contributed by atoms with E-state index in [1.165, 1.54) is 18.2 Å². The second-order valence-corrected chi connectivity index (χ2v) is 6.28. The van der Waals surface area contributed by atoms with E-state index in [0.717, 1.165) is 0 Å². The number of carbonyl (C=O) groups is 2. The Balaban J connectivity index is 0.00000141. The van der Waals surface area contributed by atoms with Crippen molar-refractivity contribution >= 4 is 12.1 Å². The Hall–Kier alpha value is -2.23. The number of carboxylic acids is 1. The number of aliphatic carboxylic acids is 1. The van der Waals surface area contributed by atoms with E-state index >= 15 is 0 Å². The first-order valence-electron chi connectivity index (χ1n) is 7.84. The molecule has 0 aromatic heterocycles. The molecule has 1 aromatic carbocycles. The van der Waals surface area contributed by atoms with Gasteiger partial charge in [-0.05, 0) is 44.9 Å². The van der Waals surface area contributed by atoms with Crippen LogP contribution in [0.15, 0.2) is 24.3 Å². The number of amides is 1. The fourth-order valence-electron chi connectivity index (χ4n) is 1.79. The Morgan fingerprint density at radius 3 is 2.31 bits per heavy atom. The third-order valence-corrected chi connectivity index (χ3v) is 2.89. The number of hydrogen-bond acceptors (Lipinski definition) is 6. The number of rotatable bonds is 6. The lowest BCUT2D eigenvalue weighted by Gasteiger charge is -2.25. The molecule has 0 saturated carbocycles. The van der Waals surface area contributed by atoms with Crippen molar-refractivity contribution in [2.45, 2.75) is 44.9 Å². The standard InChI is InChI=1S/C15H20FNO5.C2H7NO/c1-15(2,3)22-14(21)17-11(12(18)13(19)20)8-9-5-4-6-10(16)7-9;1-3-4-2/h4-7,11-12,18H,8H2,1-3H3,(H,17,21)(H,19,20);3H,1-2H3. The molecule has 0 bridgehead atoms. The molecule has 26 heavy (non-hydrogen) atoms. The molecule has 0 aliphatic rings. The first-order chi connectivity index (χ1) is 12.0. The maximum Gasteiger partial charge on any atom is 0.407 e. The van der Waals surface area contributed by atoms with Crippen molar-refractivity contribution in [1.29, 1.82) is 0 Å². The molecule has 8 nitrogen and oxygen atoms in total. The zero-order valence-electron chi connectivity index (χ0n) is 15.6. The highest BCUT2D eigenvalue weighted by Crippen LogP contribution is 2.11. The summed E-state index contributed by atoms with van der Waals surface area (Å²) in [4.78, 5) is 27.0. The van der Waals surface area contributed by atoms with Crippen LogP contribution in [0.25, 0.3) is 0 Å². The van der Waals surface area contributed by atoms with Crippen molar-refractivity contribution in [2.75, 3.05) is 14.2 Å². The normalized spacial score (nSPS) is 13.0. The van der Waals surface area contributed by atoms with E-state index in [-0.39, 0.29) is 6.42 Å². The first kappa shape index (κ1) is 23.8. The van der Waals surface area contributed by atoms with Gasteiger partial charge in [-0.15, -0.1) is 0 Å². The number of halogens is 1. The summed E-state index contributed by atoms with van der Waals surface area (Å²) in [5, 5.41) is 20.9. The van der Waals surface area contributed by atoms with E-state index in [1.54, 1.807) is 41.0 Å². The van der Waals surface area contributed by atoms with Crippen LogP contribution in [-0.4, -0.2) is 54.2 Å². The zero-order chi connectivity index (χ0) is 20.3. The van der Waals surface area contributed by atoms with E-state index in [9.17, 15) is 19.1 Å². The molecule has 0 radical (unpaired) electrons. The molecule has 9 heteroatoms. The highest BCUT2D eigenvalue weighted by Gasteiger charge is 2.29. The van der Waals surface area contributed by atoms with Crippen LogP contribution >= 0.6 is 0 Å². The molecule has 1 rings (SSSR count). The molecule has 148 valence electrons. The number of hydroxylamine groups is 1. The molecule has 0 fully saturated rings. The Morgan fingerprint density at radius 1 is 1.31 bits per heavy atom. The minimum absolute atomic E-state index is 0.0511. The summed E-state index contributed by atoms with van der Waals surface area (Å²) < 4.78 is 18.2. The molecular formula is C17H27FN2O6. The van der Waals surface area contributed by atoms with Gasteiger partial charge in [0.15, 0.2) is 6.10 Å². The number of carboxylic acid groups (broad SMARTS) is 1. The van der Waals surface area contributed by atoms with E-state index in [1.807, 2.05) is 0 Å². The summed E-state index contributed by atoms with van der Waals surface area (Å²) >= 11 is 0. The maximum atomic E-state index is 13.2. The van der Waals surface area contributed by atoms with Crippen molar-refractivity contribution in [1.82, 2.24) is 10.8 Å². The van der Waals surface area contributed by atoms with Crippen molar-refractivity contribution in [3.63, 3.8) is 0 Å². The fourth-order valence-corrected chi connectivity index (χ4v) is 1.79. The van der Waals surface area contributed by atoms with Crippen molar-refractivity contribution in [2.24, 2.45) is 0 Å². The number of aliphatic hydroxyl groups excluding tert-OH is 1. The molecule has 1 aromatic rings. The van der Waals surface area contributed by atoms with Crippen LogP contribution in [0.5, 0.6) is 0 Å². The van der Waals surface area contributed by atoms with Gasteiger partial charge in [-0.1, -0.05) is 12.1 Å². The van der Waals surface area contributed by atoms with Crippen molar-refractivity contribution < 1.29 is 33.8 Å². The maximum absolute atomic E-state index is 13.2. The molecule has 0 saturated heterocycles. The molecule has 0 heterocycles. The molecule has 4 N–H and O–H groups in total. The number of carbonyl (C=O) groups excluding carboxylic acids is 1. The lowest BCUT2D eigenvalue weighted by atomic mass is 10.0. The summed E-state index contributed by atoms with van der Waals surface area (Å²) in [5.41, 5.74) is 2.11. The van der Waals surface area contributed by atoms with Crippen LogP contribution in [-0.2, 0) is 20.8 Å². The number of aliphatic hydroxyl groups is 1. The average Bonchev–Trinajstić information content (AvgIpc) is 2.52. The van der Waals surface area contributed by atoms with Crippen molar-refractivity contribution in [3.05, 3.63) is 35.6 Å². The van der Waals surface area contributed by atoms with Crippen LogP contribution in [0.3, 0.4) is 0 Å². The topological polar surface area (TPSA) is 117 Å². The van der Waals surface area contributed by atoms with E-state index in [4.69, 9.17) is 9.84 Å². The Labute approximate surface area is 152 Å². The number of nitrogens with one attached hydrogen (secondary N) is 2. The van der Waals surface area contributed by atoms with Gasteiger partial charge in [0.25, 0.3) is 0 Å². The van der Waals surface area contributed by atoms with E-state index < -0.39 is 35.6 Å². The van der Waals surface area contributed by atoms with Crippen LogP contribution in [0.2, 0.25) is 0 Å². The third-order valence-electron chi connectivity index (χ3n) is 2.89. The van der Waals surface area contributed by atoms with Crippen molar-refractivity contribution in [3.8, 4) is 0 Å². The average molecular weight is 374 g/mol. The number of ether oxygens (including phenoxy) is 1. The minimum atomic E-state index is -1.84. The molecule has 0 aliphatic heterocycles. The van der Waals surface area contributed by atoms with E-state index in [2.05, 4.69) is 15.6 Å². The molecule has 2 unspecified atom stereocenters. The van der Waals surface area contributed by atoms with Crippen LogP contribution in [0.4, 0.5) is 9.18 Å². The van der Waals surface area contributed by atoms with Gasteiger partial charge in [0, 0.05) is 7.05 Å². The lowest BCUT2D eigenvalue weighted by Crippen LogP contribution is -2.49. The Kier molecular flexibility index (Phi) is 10.4. The number of hydrogen-bond donors (Lipinski definition) is 4. The van der Waals surface area contributed by atoms with Crippen LogP contribution in [0.1, 0.15) is 26.3 Å². The summed E-state index contributed by atoms with van der Waals surface area (Å²) in [5.74, 6) is -1.98. The highest BCUT2D eigenvalue weighted by molar-refractivity contribution is 5.75. The quantitative estimate of drug-likeness (QED) is 0.557. The van der Waals surface area contributed by atoms with Gasteiger partial charge in [-0.25, -0.2) is 19.5 Å².